The van der Waals surface area contributed by atoms with Gasteiger partial charge < -0.3 is 0 Å². The molecular weight excluding hydrogens is 386 g/mol. The Morgan fingerprint density at radius 2 is 1.13 bits per heavy atom. The van der Waals surface area contributed by atoms with Gasteiger partial charge in [-0.15, -0.1) is 0 Å². The molecule has 0 nitrogen and oxygen atoms in total. The average molecular weight is 403 g/mol. The van der Waals surface area contributed by atoms with Crippen molar-refractivity contribution in [2.24, 2.45) is 0 Å². The minimum atomic E-state index is 1.10. The predicted molar refractivity (Wildman–Crippen MR) is 103 cm³/mol. The standard InChI is InChI=1S/C22H15.Sb.2H/c1-3-9-17(10-4-1)21-15-19-13-7-8-14-20(19)16-22(21)18-11-5-2-6-12-18;;;/h1-15H;;;. The second kappa shape index (κ2) is 6.22. The van der Waals surface area contributed by atoms with Crippen LogP contribution in [0.15, 0.2) is 91.0 Å². The topological polar surface area (TPSA) is 0 Å². The molecule has 0 amide bonds. The van der Waals surface area contributed by atoms with E-state index in [1.807, 2.05) is 0 Å². The Kier molecular flexibility index (Phi) is 3.93. The molecule has 0 fully saturated rings. The van der Waals surface area contributed by atoms with E-state index in [1.165, 1.54) is 36.5 Å². The van der Waals surface area contributed by atoms with Crippen molar-refractivity contribution in [3.05, 3.63) is 91.0 Å². The number of hydrogen-bond donors (Lipinski definition) is 0. The van der Waals surface area contributed by atoms with Crippen LogP contribution in [-0.4, -0.2) is 23.0 Å². The Morgan fingerprint density at radius 1 is 0.565 bits per heavy atom. The fourth-order valence-corrected chi connectivity index (χ4v) is 4.81. The Hall–Kier alpha value is -2.04. The maximum absolute atomic E-state index is 2.34. The van der Waals surface area contributed by atoms with E-state index in [4.69, 9.17) is 0 Å². The molecule has 0 aromatic heterocycles. The van der Waals surface area contributed by atoms with Crippen molar-refractivity contribution >= 4 is 37.3 Å². The molecule has 4 aromatic carbocycles. The first kappa shape index (κ1) is 14.5. The summed E-state index contributed by atoms with van der Waals surface area (Å²) in [6.07, 6.45) is 0. The minimum absolute atomic E-state index is 1.10. The van der Waals surface area contributed by atoms with Gasteiger partial charge in [0.2, 0.25) is 0 Å². The molecule has 0 saturated heterocycles. The van der Waals surface area contributed by atoms with Crippen LogP contribution < -0.4 is 3.51 Å². The third-order valence-corrected chi connectivity index (χ3v) is 5.95. The van der Waals surface area contributed by atoms with Crippen molar-refractivity contribution in [3.8, 4) is 22.3 Å². The van der Waals surface area contributed by atoms with Crippen LogP contribution in [0, 0.1) is 0 Å². The van der Waals surface area contributed by atoms with Crippen LogP contribution in [0.2, 0.25) is 0 Å². The van der Waals surface area contributed by atoms with Gasteiger partial charge in [-0.25, -0.2) is 0 Å². The van der Waals surface area contributed by atoms with Gasteiger partial charge in [-0.1, -0.05) is 0 Å². The number of rotatable bonds is 2. The normalized spacial score (nSPS) is 10.8. The molecule has 110 valence electrons. The molecule has 0 aliphatic rings. The van der Waals surface area contributed by atoms with Crippen LogP contribution in [0.25, 0.3) is 33.0 Å². The number of fused-ring (bicyclic) bond motifs is 1. The van der Waals surface area contributed by atoms with Crippen molar-refractivity contribution in [1.29, 1.82) is 0 Å². The Morgan fingerprint density at radius 3 is 1.83 bits per heavy atom. The molecule has 4 rings (SSSR count). The molecule has 0 bridgehead atoms. The van der Waals surface area contributed by atoms with Crippen molar-refractivity contribution < 1.29 is 0 Å². The van der Waals surface area contributed by atoms with Crippen LogP contribution in [0.5, 0.6) is 0 Å². The third kappa shape index (κ3) is 2.69. The van der Waals surface area contributed by atoms with E-state index in [2.05, 4.69) is 91.0 Å². The molecule has 0 heterocycles. The summed E-state index contributed by atoms with van der Waals surface area (Å²) in [6, 6.07) is 32.6. The maximum atomic E-state index is 2.34. The molecule has 0 saturated carbocycles. The van der Waals surface area contributed by atoms with Crippen molar-refractivity contribution in [3.63, 3.8) is 0 Å². The summed E-state index contributed by atoms with van der Waals surface area (Å²) in [4.78, 5) is 0. The second-order valence-corrected chi connectivity index (χ2v) is 7.31. The van der Waals surface area contributed by atoms with Gasteiger partial charge in [0.05, 0.1) is 0 Å². The summed E-state index contributed by atoms with van der Waals surface area (Å²) in [5.41, 5.74) is 5.31. The zero-order valence-electron chi connectivity index (χ0n) is 12.7. The first-order valence-corrected chi connectivity index (χ1v) is 9.41. The molecule has 0 atom stereocenters. The van der Waals surface area contributed by atoms with Crippen LogP contribution in [0.3, 0.4) is 0 Å². The van der Waals surface area contributed by atoms with E-state index in [1.54, 1.807) is 0 Å². The van der Waals surface area contributed by atoms with Crippen molar-refractivity contribution in [2.45, 2.75) is 0 Å². The number of hydrogen-bond acceptors (Lipinski definition) is 0. The molecule has 1 heteroatoms. The summed E-state index contributed by atoms with van der Waals surface area (Å²) in [5, 5.41) is 2.71. The monoisotopic (exact) mass is 402 g/mol. The van der Waals surface area contributed by atoms with Gasteiger partial charge >= 0.3 is 151 Å². The zero-order chi connectivity index (χ0) is 15.6. The van der Waals surface area contributed by atoms with Gasteiger partial charge in [-0.3, -0.25) is 0 Å². The first-order valence-electron chi connectivity index (χ1n) is 7.76. The molecule has 0 aliphatic heterocycles. The van der Waals surface area contributed by atoms with E-state index < -0.39 is 0 Å². The third-order valence-electron chi connectivity index (χ3n) is 4.24. The molecule has 0 radical (unpaired) electrons. The summed E-state index contributed by atoms with van der Waals surface area (Å²) >= 11 is 1.10. The van der Waals surface area contributed by atoms with Gasteiger partial charge in [0.15, 0.2) is 0 Å². The van der Waals surface area contributed by atoms with Gasteiger partial charge in [0.1, 0.15) is 0 Å². The van der Waals surface area contributed by atoms with Crippen LogP contribution in [0.4, 0.5) is 0 Å². The summed E-state index contributed by atoms with van der Waals surface area (Å²) in [5.74, 6) is 0. The van der Waals surface area contributed by atoms with Gasteiger partial charge in [0.25, 0.3) is 0 Å². The predicted octanol–water partition coefficient (Wildman–Crippen LogP) is 4.43. The van der Waals surface area contributed by atoms with Crippen LogP contribution in [-0.2, 0) is 0 Å². The van der Waals surface area contributed by atoms with Gasteiger partial charge in [-0.05, 0) is 0 Å². The molecule has 0 N–H and O–H groups in total. The quantitative estimate of drug-likeness (QED) is 0.435. The van der Waals surface area contributed by atoms with Crippen LogP contribution in [0.1, 0.15) is 0 Å². The zero-order valence-corrected chi connectivity index (χ0v) is 16.0. The molecule has 4 aromatic rings. The second-order valence-electron chi connectivity index (χ2n) is 5.67. The summed E-state index contributed by atoms with van der Waals surface area (Å²) < 4.78 is 1.47. The Labute approximate surface area is 150 Å². The van der Waals surface area contributed by atoms with E-state index in [9.17, 15) is 0 Å². The van der Waals surface area contributed by atoms with Crippen molar-refractivity contribution in [1.82, 2.24) is 0 Å². The Bertz CT molecular complexity index is 957. The van der Waals surface area contributed by atoms with Crippen LogP contribution >= 0.6 is 0 Å². The Balaban J connectivity index is 2.11. The van der Waals surface area contributed by atoms with E-state index in [0.717, 1.165) is 23.0 Å². The van der Waals surface area contributed by atoms with E-state index >= 15 is 0 Å². The summed E-state index contributed by atoms with van der Waals surface area (Å²) in [6.45, 7) is 0. The molecule has 0 aliphatic carbocycles. The SMILES string of the molecule is [SbH2][c]1c(-c2ccccc2)c(-c2ccccc2)cc2ccccc12. The molecule has 23 heavy (non-hydrogen) atoms. The number of benzene rings is 4. The molecular formula is C22H17Sb. The van der Waals surface area contributed by atoms with Crippen molar-refractivity contribution in [2.75, 3.05) is 0 Å². The van der Waals surface area contributed by atoms with E-state index in [-0.39, 0.29) is 0 Å². The molecule has 0 unspecified atom stereocenters. The molecule has 0 spiro atoms. The van der Waals surface area contributed by atoms with Gasteiger partial charge in [0, 0.05) is 0 Å². The van der Waals surface area contributed by atoms with E-state index in [0.29, 0.717) is 0 Å². The average Bonchev–Trinajstić information content (AvgIpc) is 2.63. The summed E-state index contributed by atoms with van der Waals surface area (Å²) in [7, 11) is 0. The first-order chi connectivity index (χ1) is 11.3. The fourth-order valence-electron chi connectivity index (χ4n) is 3.14. The fraction of sp³-hybridized carbons (Fsp3) is 0. The van der Waals surface area contributed by atoms with Gasteiger partial charge in [-0.2, -0.15) is 0 Å².